The second kappa shape index (κ2) is 10.1. The third kappa shape index (κ3) is 5.26. The molecule has 0 radical (unpaired) electrons. The van der Waals surface area contributed by atoms with Crippen LogP contribution in [0.25, 0.3) is 0 Å². The molecular formula is C22H36N6O. The summed E-state index contributed by atoms with van der Waals surface area (Å²) in [7, 11) is 0. The lowest BCUT2D eigenvalue weighted by molar-refractivity contribution is -0.128. The van der Waals surface area contributed by atoms with Crippen molar-refractivity contribution in [1.82, 2.24) is 20.0 Å². The molecule has 1 aromatic heterocycles. The third-order valence-corrected chi connectivity index (χ3v) is 6.08. The Balaban J connectivity index is 1.75. The van der Waals surface area contributed by atoms with Crippen molar-refractivity contribution in [3.05, 3.63) is 28.2 Å². The summed E-state index contributed by atoms with van der Waals surface area (Å²) in [6, 6.07) is 0. The van der Waals surface area contributed by atoms with Gasteiger partial charge in [0.1, 0.15) is 5.70 Å². The first-order valence-electron chi connectivity index (χ1n) is 11.1. The number of aliphatic imine (C=N–C) groups is 1. The van der Waals surface area contributed by atoms with E-state index in [0.717, 1.165) is 87.5 Å². The molecule has 7 heteroatoms. The maximum Gasteiger partial charge on any atom is 0.270 e. The van der Waals surface area contributed by atoms with Gasteiger partial charge < -0.3 is 10.6 Å². The van der Waals surface area contributed by atoms with Gasteiger partial charge >= 0.3 is 0 Å². The highest BCUT2D eigenvalue weighted by atomic mass is 16.2. The van der Waals surface area contributed by atoms with Crippen LogP contribution in [0, 0.1) is 13.8 Å². The van der Waals surface area contributed by atoms with E-state index in [1.54, 1.807) is 0 Å². The minimum Gasteiger partial charge on any atom is -0.394 e. The van der Waals surface area contributed by atoms with E-state index in [2.05, 4.69) is 28.9 Å². The number of nitrogens with two attached hydrogens (primary N) is 1. The predicted molar refractivity (Wildman–Crippen MR) is 117 cm³/mol. The molecule has 7 nitrogen and oxygen atoms in total. The normalized spacial score (nSPS) is 21.6. The fourth-order valence-corrected chi connectivity index (χ4v) is 4.27. The number of carbonyl (C=O) groups is 1. The summed E-state index contributed by atoms with van der Waals surface area (Å²) < 4.78 is 0. The zero-order chi connectivity index (χ0) is 20.8. The molecule has 2 aliphatic heterocycles. The molecule has 2 aliphatic rings. The van der Waals surface area contributed by atoms with Crippen LogP contribution in [-0.4, -0.2) is 70.9 Å². The maximum atomic E-state index is 13.0. The number of hydrogen-bond donors (Lipinski definition) is 2. The van der Waals surface area contributed by atoms with Gasteiger partial charge in [-0.2, -0.15) is 5.10 Å². The standard InChI is InChI=1S/C22H36N6O/c1-4-10-24-20-9-14-27(13-8-18-16(2)25-26-17(18)3)15-19(20)21(23)22(29)28-11-6-5-7-12-28/h4-15,23H2,1-3H3,(H,25,26). The highest BCUT2D eigenvalue weighted by Crippen LogP contribution is 2.20. The lowest BCUT2D eigenvalue weighted by atomic mass is 9.98. The van der Waals surface area contributed by atoms with E-state index in [1.807, 2.05) is 11.8 Å². The molecule has 160 valence electrons. The van der Waals surface area contributed by atoms with Gasteiger partial charge in [0.05, 0.1) is 5.69 Å². The van der Waals surface area contributed by atoms with Crippen molar-refractivity contribution >= 4 is 11.6 Å². The predicted octanol–water partition coefficient (Wildman–Crippen LogP) is 2.35. The summed E-state index contributed by atoms with van der Waals surface area (Å²) in [6.07, 6.45) is 6.14. The van der Waals surface area contributed by atoms with Crippen LogP contribution in [0.1, 0.15) is 56.0 Å². The Hall–Kier alpha value is -2.15. The first-order chi connectivity index (χ1) is 14.0. The van der Waals surface area contributed by atoms with Gasteiger partial charge in [0.15, 0.2) is 0 Å². The van der Waals surface area contributed by atoms with Crippen LogP contribution >= 0.6 is 0 Å². The zero-order valence-electron chi connectivity index (χ0n) is 18.3. The lowest BCUT2D eigenvalue weighted by Crippen LogP contribution is -2.43. The second-order valence-electron chi connectivity index (χ2n) is 8.26. The van der Waals surface area contributed by atoms with Crippen molar-refractivity contribution in [2.24, 2.45) is 10.7 Å². The van der Waals surface area contributed by atoms with Crippen LogP contribution in [0.15, 0.2) is 16.3 Å². The number of piperidine rings is 2. The van der Waals surface area contributed by atoms with Gasteiger partial charge in [-0.1, -0.05) is 6.92 Å². The first kappa shape index (κ1) is 21.6. The molecule has 0 bridgehead atoms. The van der Waals surface area contributed by atoms with Crippen molar-refractivity contribution in [1.29, 1.82) is 0 Å². The van der Waals surface area contributed by atoms with Gasteiger partial charge in [0.2, 0.25) is 0 Å². The fourth-order valence-electron chi connectivity index (χ4n) is 4.27. The first-order valence-corrected chi connectivity index (χ1v) is 11.1. The second-order valence-corrected chi connectivity index (χ2v) is 8.26. The minimum absolute atomic E-state index is 0.00716. The molecule has 3 heterocycles. The van der Waals surface area contributed by atoms with Crippen LogP contribution in [0.4, 0.5) is 0 Å². The molecule has 0 atom stereocenters. The van der Waals surface area contributed by atoms with Crippen molar-refractivity contribution < 1.29 is 4.79 Å². The molecule has 3 N–H and O–H groups in total. The SMILES string of the molecule is CCCN=C1CCN(CCc2c(C)n[nH]c2C)CC1=C(N)C(=O)N1CCCCC1. The van der Waals surface area contributed by atoms with Crippen LogP contribution in [0.3, 0.4) is 0 Å². The topological polar surface area (TPSA) is 90.6 Å². The number of H-pyrrole nitrogens is 1. The Morgan fingerprint density at radius 3 is 2.62 bits per heavy atom. The zero-order valence-corrected chi connectivity index (χ0v) is 18.3. The smallest absolute Gasteiger partial charge is 0.270 e. The van der Waals surface area contributed by atoms with Gasteiger partial charge in [-0.15, -0.1) is 0 Å². The van der Waals surface area contributed by atoms with Gasteiger partial charge in [-0.25, -0.2) is 0 Å². The van der Waals surface area contributed by atoms with E-state index in [9.17, 15) is 4.79 Å². The number of hydrogen-bond acceptors (Lipinski definition) is 5. The number of aromatic amines is 1. The minimum atomic E-state index is -0.00716. The van der Waals surface area contributed by atoms with Crippen molar-refractivity contribution in [2.75, 3.05) is 39.3 Å². The molecule has 1 amide bonds. The number of amides is 1. The highest BCUT2D eigenvalue weighted by molar-refractivity contribution is 6.08. The average Bonchev–Trinajstić information content (AvgIpc) is 3.07. The number of aryl methyl sites for hydroxylation is 2. The number of rotatable bonds is 6. The van der Waals surface area contributed by atoms with Crippen LogP contribution < -0.4 is 5.73 Å². The lowest BCUT2D eigenvalue weighted by Gasteiger charge is -2.32. The molecule has 1 aromatic rings. The van der Waals surface area contributed by atoms with E-state index in [1.165, 1.54) is 12.0 Å². The Labute approximate surface area is 174 Å². The maximum absolute atomic E-state index is 13.0. The number of nitrogens with zero attached hydrogens (tertiary/aromatic N) is 4. The Kier molecular flexibility index (Phi) is 7.47. The van der Waals surface area contributed by atoms with Crippen molar-refractivity contribution in [3.63, 3.8) is 0 Å². The van der Waals surface area contributed by atoms with E-state index < -0.39 is 0 Å². The fraction of sp³-hybridized carbons (Fsp3) is 0.682. The highest BCUT2D eigenvalue weighted by Gasteiger charge is 2.27. The Morgan fingerprint density at radius 2 is 1.97 bits per heavy atom. The quantitative estimate of drug-likeness (QED) is 0.717. The van der Waals surface area contributed by atoms with Crippen LogP contribution in [-0.2, 0) is 11.2 Å². The van der Waals surface area contributed by atoms with E-state index in [4.69, 9.17) is 10.7 Å². The molecule has 0 aliphatic carbocycles. The van der Waals surface area contributed by atoms with Crippen molar-refractivity contribution in [2.45, 2.75) is 59.3 Å². The molecule has 29 heavy (non-hydrogen) atoms. The molecule has 0 spiro atoms. The summed E-state index contributed by atoms with van der Waals surface area (Å²) in [5.74, 6) is -0.00716. The van der Waals surface area contributed by atoms with Gasteiger partial charge in [-0.05, 0) is 51.5 Å². The third-order valence-electron chi connectivity index (χ3n) is 6.08. The largest absolute Gasteiger partial charge is 0.394 e. The Bertz CT molecular complexity index is 753. The van der Waals surface area contributed by atoms with Gasteiger partial charge in [-0.3, -0.25) is 19.8 Å². The molecular weight excluding hydrogens is 364 g/mol. The number of aromatic nitrogens is 2. The summed E-state index contributed by atoms with van der Waals surface area (Å²) in [5.41, 5.74) is 12.3. The molecule has 2 saturated heterocycles. The molecule has 0 aromatic carbocycles. The summed E-state index contributed by atoms with van der Waals surface area (Å²) in [5, 5.41) is 7.37. The average molecular weight is 401 g/mol. The van der Waals surface area contributed by atoms with E-state index in [-0.39, 0.29) is 5.91 Å². The monoisotopic (exact) mass is 400 g/mol. The summed E-state index contributed by atoms with van der Waals surface area (Å²) in [6.45, 7) is 11.2. The number of carbonyl (C=O) groups excluding carboxylic acids is 1. The molecule has 0 saturated carbocycles. The van der Waals surface area contributed by atoms with Gasteiger partial charge in [0.25, 0.3) is 5.91 Å². The number of nitrogens with one attached hydrogen (secondary N) is 1. The van der Waals surface area contributed by atoms with Gasteiger partial charge in [0, 0.05) is 62.7 Å². The molecule has 2 fully saturated rings. The van der Waals surface area contributed by atoms with Crippen LogP contribution in [0.5, 0.6) is 0 Å². The van der Waals surface area contributed by atoms with Crippen LogP contribution in [0.2, 0.25) is 0 Å². The summed E-state index contributed by atoms with van der Waals surface area (Å²) >= 11 is 0. The van der Waals surface area contributed by atoms with E-state index in [0.29, 0.717) is 12.2 Å². The van der Waals surface area contributed by atoms with Crippen molar-refractivity contribution in [3.8, 4) is 0 Å². The summed E-state index contributed by atoms with van der Waals surface area (Å²) in [4.78, 5) is 22.1. The van der Waals surface area contributed by atoms with E-state index >= 15 is 0 Å². The Morgan fingerprint density at radius 1 is 1.21 bits per heavy atom. The molecule has 3 rings (SSSR count). The number of likely N-dealkylation sites (tertiary alicyclic amines) is 2. The molecule has 0 unspecified atom stereocenters.